The molecule has 0 bridgehead atoms. The van der Waals surface area contributed by atoms with E-state index in [1.54, 1.807) is 0 Å². The second kappa shape index (κ2) is 8.23. The molecule has 0 rings (SSSR count). The van der Waals surface area contributed by atoms with Crippen molar-refractivity contribution in [2.24, 2.45) is 0 Å². The average molecular weight is 250 g/mol. The molecule has 4 N–H and O–H groups in total. The van der Waals surface area contributed by atoms with Crippen molar-refractivity contribution in [2.75, 3.05) is 18.6 Å². The maximum absolute atomic E-state index is 11.2. The van der Waals surface area contributed by atoms with Gasteiger partial charge in [0.15, 0.2) is 0 Å². The van der Waals surface area contributed by atoms with E-state index in [0.29, 0.717) is 12.2 Å². The highest BCUT2D eigenvalue weighted by atomic mass is 32.2. The summed E-state index contributed by atoms with van der Waals surface area (Å²) in [5.41, 5.74) is 0. The average Bonchev–Trinajstić information content (AvgIpc) is 2.20. The fourth-order valence-corrected chi connectivity index (χ4v) is 1.41. The van der Waals surface area contributed by atoms with Crippen molar-refractivity contribution in [3.05, 3.63) is 0 Å². The van der Waals surface area contributed by atoms with Gasteiger partial charge in [-0.25, -0.2) is 9.59 Å². The largest absolute Gasteiger partial charge is 0.480 e. The van der Waals surface area contributed by atoms with Crippen LogP contribution in [0.3, 0.4) is 0 Å². The Morgan fingerprint density at radius 2 is 2.06 bits per heavy atom. The Kier molecular flexibility index (Phi) is 7.74. The summed E-state index contributed by atoms with van der Waals surface area (Å²) in [4.78, 5) is 22.0. The van der Waals surface area contributed by atoms with Gasteiger partial charge in [-0.3, -0.25) is 0 Å². The number of aliphatic carboxylic acids is 1. The number of nitrogens with one attached hydrogen (secondary N) is 2. The van der Waals surface area contributed by atoms with Crippen LogP contribution in [0.25, 0.3) is 0 Å². The molecule has 0 fully saturated rings. The first kappa shape index (κ1) is 15.0. The van der Waals surface area contributed by atoms with Gasteiger partial charge in [0.25, 0.3) is 0 Å². The summed E-state index contributed by atoms with van der Waals surface area (Å²) in [5, 5.41) is 22.5. The first-order chi connectivity index (χ1) is 7.47. The SMILES string of the molecule is CSCCC(NC(=O)NCC(C)O)C(=O)O. The van der Waals surface area contributed by atoms with E-state index in [0.717, 1.165) is 0 Å². The predicted molar refractivity (Wildman–Crippen MR) is 62.6 cm³/mol. The van der Waals surface area contributed by atoms with Crippen LogP contribution in [-0.2, 0) is 4.79 Å². The number of thioether (sulfide) groups is 1. The molecule has 2 amide bonds. The van der Waals surface area contributed by atoms with Gasteiger partial charge in [-0.1, -0.05) is 0 Å². The maximum atomic E-state index is 11.2. The van der Waals surface area contributed by atoms with Gasteiger partial charge in [-0.2, -0.15) is 11.8 Å². The molecule has 0 aromatic heterocycles. The lowest BCUT2D eigenvalue weighted by Crippen LogP contribution is -2.47. The molecule has 6 nitrogen and oxygen atoms in total. The standard InChI is InChI=1S/C9H18N2O4S/c1-6(12)5-10-9(15)11-7(8(13)14)3-4-16-2/h6-7,12H,3-5H2,1-2H3,(H,13,14)(H2,10,11,15). The molecule has 94 valence electrons. The second-order valence-electron chi connectivity index (χ2n) is 3.38. The summed E-state index contributed by atoms with van der Waals surface area (Å²) >= 11 is 1.52. The highest BCUT2D eigenvalue weighted by molar-refractivity contribution is 7.98. The number of carbonyl (C=O) groups excluding carboxylic acids is 1. The van der Waals surface area contributed by atoms with Gasteiger partial charge in [0.05, 0.1) is 6.10 Å². The molecule has 0 spiro atoms. The normalized spacial score (nSPS) is 13.9. The van der Waals surface area contributed by atoms with Gasteiger partial charge >= 0.3 is 12.0 Å². The number of carboxylic acid groups (broad SMARTS) is 1. The zero-order chi connectivity index (χ0) is 12.6. The van der Waals surface area contributed by atoms with E-state index in [4.69, 9.17) is 10.2 Å². The molecule has 7 heteroatoms. The number of rotatable bonds is 7. The first-order valence-corrected chi connectivity index (χ1v) is 6.31. The lowest BCUT2D eigenvalue weighted by Gasteiger charge is -2.15. The van der Waals surface area contributed by atoms with Crippen molar-refractivity contribution in [3.63, 3.8) is 0 Å². The highest BCUT2D eigenvalue weighted by Crippen LogP contribution is 2.00. The molecule has 2 atom stereocenters. The molecular formula is C9H18N2O4S. The Balaban J connectivity index is 3.98. The van der Waals surface area contributed by atoms with Crippen molar-refractivity contribution in [2.45, 2.75) is 25.5 Å². The van der Waals surface area contributed by atoms with E-state index in [1.807, 2.05) is 6.26 Å². The number of carbonyl (C=O) groups is 2. The van der Waals surface area contributed by atoms with E-state index < -0.39 is 24.1 Å². The monoisotopic (exact) mass is 250 g/mol. The minimum atomic E-state index is -1.05. The summed E-state index contributed by atoms with van der Waals surface area (Å²) in [7, 11) is 0. The number of hydrogen-bond donors (Lipinski definition) is 4. The zero-order valence-corrected chi connectivity index (χ0v) is 10.2. The Bertz CT molecular complexity index is 236. The molecule has 0 saturated heterocycles. The van der Waals surface area contributed by atoms with Crippen LogP contribution in [0, 0.1) is 0 Å². The van der Waals surface area contributed by atoms with Gasteiger partial charge in [0.2, 0.25) is 0 Å². The van der Waals surface area contributed by atoms with Gasteiger partial charge < -0.3 is 20.8 Å². The van der Waals surface area contributed by atoms with Crippen molar-refractivity contribution < 1.29 is 19.8 Å². The molecule has 0 heterocycles. The maximum Gasteiger partial charge on any atom is 0.326 e. The molecule has 0 radical (unpaired) electrons. The van der Waals surface area contributed by atoms with Gasteiger partial charge in [0.1, 0.15) is 6.04 Å². The van der Waals surface area contributed by atoms with Crippen LogP contribution >= 0.6 is 11.8 Å². The van der Waals surface area contributed by atoms with E-state index >= 15 is 0 Å². The number of hydrogen-bond acceptors (Lipinski definition) is 4. The number of aliphatic hydroxyl groups is 1. The first-order valence-electron chi connectivity index (χ1n) is 4.91. The molecule has 0 aliphatic carbocycles. The van der Waals surface area contributed by atoms with Crippen LogP contribution in [0.2, 0.25) is 0 Å². The van der Waals surface area contributed by atoms with Crippen molar-refractivity contribution in [3.8, 4) is 0 Å². The number of amides is 2. The lowest BCUT2D eigenvalue weighted by atomic mass is 10.2. The molecule has 0 aliphatic heterocycles. The quantitative estimate of drug-likeness (QED) is 0.504. The van der Waals surface area contributed by atoms with Crippen molar-refractivity contribution in [1.82, 2.24) is 10.6 Å². The fourth-order valence-electron chi connectivity index (χ4n) is 0.943. The summed E-state index contributed by atoms with van der Waals surface area (Å²) in [6.07, 6.45) is 1.59. The van der Waals surface area contributed by atoms with Crippen molar-refractivity contribution in [1.29, 1.82) is 0 Å². The van der Waals surface area contributed by atoms with Crippen LogP contribution in [0.15, 0.2) is 0 Å². The van der Waals surface area contributed by atoms with Gasteiger partial charge in [-0.15, -0.1) is 0 Å². The highest BCUT2D eigenvalue weighted by Gasteiger charge is 2.19. The third-order valence-corrected chi connectivity index (χ3v) is 2.42. The predicted octanol–water partition coefficient (Wildman–Crippen LogP) is -0.127. The van der Waals surface area contributed by atoms with Crippen LogP contribution in [0.5, 0.6) is 0 Å². The van der Waals surface area contributed by atoms with Gasteiger partial charge in [-0.05, 0) is 25.4 Å². The Labute approximate surface area is 98.8 Å². The minimum absolute atomic E-state index is 0.0979. The lowest BCUT2D eigenvalue weighted by molar-refractivity contribution is -0.139. The fraction of sp³-hybridized carbons (Fsp3) is 0.778. The van der Waals surface area contributed by atoms with Crippen LogP contribution in [0.4, 0.5) is 4.79 Å². The molecule has 16 heavy (non-hydrogen) atoms. The molecule has 0 saturated carbocycles. The molecule has 0 aromatic rings. The van der Waals surface area contributed by atoms with E-state index in [9.17, 15) is 9.59 Å². The molecule has 0 aromatic carbocycles. The minimum Gasteiger partial charge on any atom is -0.480 e. The Morgan fingerprint density at radius 1 is 1.44 bits per heavy atom. The smallest absolute Gasteiger partial charge is 0.326 e. The third-order valence-electron chi connectivity index (χ3n) is 1.77. The number of carboxylic acids is 1. The summed E-state index contributed by atoms with van der Waals surface area (Å²) in [6.45, 7) is 1.63. The second-order valence-corrected chi connectivity index (χ2v) is 4.36. The zero-order valence-electron chi connectivity index (χ0n) is 9.40. The summed E-state index contributed by atoms with van der Waals surface area (Å²) in [5.74, 6) is -0.394. The number of aliphatic hydroxyl groups excluding tert-OH is 1. The summed E-state index contributed by atoms with van der Waals surface area (Å²) in [6, 6.07) is -1.46. The molecule has 0 aliphatic rings. The topological polar surface area (TPSA) is 98.7 Å². The van der Waals surface area contributed by atoms with Crippen LogP contribution < -0.4 is 10.6 Å². The van der Waals surface area contributed by atoms with Crippen LogP contribution in [-0.4, -0.2) is 52.9 Å². The van der Waals surface area contributed by atoms with E-state index in [2.05, 4.69) is 10.6 Å². The molecule has 2 unspecified atom stereocenters. The number of urea groups is 1. The summed E-state index contributed by atoms with van der Waals surface area (Å²) < 4.78 is 0. The Hall–Kier alpha value is -0.950. The molecular weight excluding hydrogens is 232 g/mol. The van der Waals surface area contributed by atoms with Crippen LogP contribution in [0.1, 0.15) is 13.3 Å². The van der Waals surface area contributed by atoms with Crippen molar-refractivity contribution >= 4 is 23.8 Å². The van der Waals surface area contributed by atoms with Gasteiger partial charge in [0, 0.05) is 6.54 Å². The van der Waals surface area contributed by atoms with E-state index in [-0.39, 0.29) is 6.54 Å². The van der Waals surface area contributed by atoms with E-state index in [1.165, 1.54) is 18.7 Å². The third kappa shape index (κ3) is 7.36. The Morgan fingerprint density at radius 3 is 2.50 bits per heavy atom.